The van der Waals surface area contributed by atoms with E-state index in [-0.39, 0.29) is 5.92 Å². The van der Waals surface area contributed by atoms with Gasteiger partial charge in [0.25, 0.3) is 0 Å². The zero-order chi connectivity index (χ0) is 31.9. The first-order valence-corrected chi connectivity index (χ1v) is 18.4. The number of hydrogen-bond donors (Lipinski definition) is 3. The number of fused-ring (bicyclic) bond motifs is 1. The van der Waals surface area contributed by atoms with Crippen LogP contribution in [0, 0.1) is 5.92 Å². The van der Waals surface area contributed by atoms with E-state index in [4.69, 9.17) is 9.72 Å². The second-order valence-electron chi connectivity index (χ2n) is 12.5. The maximum Gasteiger partial charge on any atom is 0.405 e. The number of hydrogen-bond acceptors (Lipinski definition) is 6. The highest BCUT2D eigenvalue weighted by atomic mass is 28.3. The number of ether oxygens (including phenoxy) is 1. The Morgan fingerprint density at radius 1 is 1.05 bits per heavy atom. The van der Waals surface area contributed by atoms with Crippen molar-refractivity contribution >= 4 is 36.4 Å². The lowest BCUT2D eigenvalue weighted by atomic mass is 10.0. The Morgan fingerprint density at radius 2 is 1.80 bits per heavy atom. The number of pyridine rings is 2. The topological polar surface area (TPSA) is 93.1 Å². The molecule has 0 saturated carbocycles. The number of rotatable bonds is 14. The molecule has 3 aromatic heterocycles. The maximum atomic E-state index is 12.7. The predicted molar refractivity (Wildman–Crippen MR) is 172 cm³/mol. The highest BCUT2D eigenvalue weighted by molar-refractivity contribution is 6.76. The Balaban J connectivity index is 1.62. The molecule has 0 aliphatic heterocycles. The van der Waals surface area contributed by atoms with Crippen LogP contribution in [0.15, 0.2) is 67.3 Å². The molecule has 3 N–H and O–H groups in total. The van der Waals surface area contributed by atoms with Crippen LogP contribution in [0.5, 0.6) is 0 Å². The molecule has 0 aliphatic rings. The van der Waals surface area contributed by atoms with E-state index >= 15 is 0 Å². The third-order valence-electron chi connectivity index (χ3n) is 7.06. The van der Waals surface area contributed by atoms with Gasteiger partial charge in [-0.05, 0) is 29.7 Å². The van der Waals surface area contributed by atoms with Gasteiger partial charge in [-0.1, -0.05) is 63.8 Å². The van der Waals surface area contributed by atoms with E-state index in [2.05, 4.69) is 47.4 Å². The fraction of sp³-hybridized carbons (Fsp3) is 0.406. The molecular weight excluding hydrogens is 585 g/mol. The summed E-state index contributed by atoms with van der Waals surface area (Å²) in [7, 11) is -1.25. The number of nitrogens with one attached hydrogen (secondary N) is 3. The Kier molecular flexibility index (Phi) is 10.7. The third-order valence-corrected chi connectivity index (χ3v) is 8.77. The van der Waals surface area contributed by atoms with Crippen molar-refractivity contribution in [1.82, 2.24) is 19.9 Å². The predicted octanol–water partition coefficient (Wildman–Crippen LogP) is 7.14. The van der Waals surface area contributed by atoms with Crippen LogP contribution in [0.1, 0.15) is 19.4 Å². The van der Waals surface area contributed by atoms with E-state index < -0.39 is 32.7 Å². The second kappa shape index (κ2) is 14.3. The highest BCUT2D eigenvalue weighted by Crippen LogP contribution is 2.33. The van der Waals surface area contributed by atoms with Crippen LogP contribution in [0.3, 0.4) is 0 Å². The summed E-state index contributed by atoms with van der Waals surface area (Å²) in [6.45, 7) is 10.7. The van der Waals surface area contributed by atoms with Crippen molar-refractivity contribution in [3.05, 3.63) is 72.8 Å². The summed E-state index contributed by atoms with van der Waals surface area (Å²) in [6, 6.07) is 14.1. The number of alkyl halides is 3. The number of carbonyl (C=O) groups excluding carboxylic acids is 1. The summed E-state index contributed by atoms with van der Waals surface area (Å²) in [5.74, 6) is -1.00. The molecule has 0 radical (unpaired) electrons. The van der Waals surface area contributed by atoms with Crippen molar-refractivity contribution in [2.75, 3.05) is 23.8 Å². The maximum absolute atomic E-state index is 12.7. The first-order chi connectivity index (χ1) is 20.8. The second-order valence-corrected chi connectivity index (χ2v) is 18.1. The molecule has 0 aliphatic carbocycles. The number of aromatic nitrogens is 3. The smallest absolute Gasteiger partial charge is 0.380 e. The van der Waals surface area contributed by atoms with Crippen molar-refractivity contribution in [3.63, 3.8) is 0 Å². The molecule has 0 spiro atoms. The van der Waals surface area contributed by atoms with Crippen LogP contribution in [0.2, 0.25) is 25.7 Å². The average molecular weight is 627 g/mol. The molecule has 44 heavy (non-hydrogen) atoms. The Labute approximate surface area is 257 Å². The molecule has 1 aromatic carbocycles. The van der Waals surface area contributed by atoms with Crippen LogP contribution in [-0.2, 0) is 22.8 Å². The van der Waals surface area contributed by atoms with Gasteiger partial charge >= 0.3 is 6.18 Å². The van der Waals surface area contributed by atoms with Crippen molar-refractivity contribution < 1.29 is 22.7 Å². The molecule has 1 amide bonds. The van der Waals surface area contributed by atoms with Crippen LogP contribution in [0.25, 0.3) is 22.2 Å². The number of carbonyl (C=O) groups is 1. The minimum absolute atomic E-state index is 0.274. The lowest BCUT2D eigenvalue weighted by Crippen LogP contribution is -2.46. The minimum atomic E-state index is -4.49. The van der Waals surface area contributed by atoms with Gasteiger partial charge in [0.1, 0.15) is 25.0 Å². The van der Waals surface area contributed by atoms with E-state index in [1.54, 1.807) is 32.4 Å². The van der Waals surface area contributed by atoms with Crippen LogP contribution < -0.4 is 16.0 Å². The first kappa shape index (κ1) is 33.0. The molecule has 236 valence electrons. The number of anilines is 2. The Morgan fingerprint density at radius 3 is 2.48 bits per heavy atom. The number of halogens is 3. The quantitative estimate of drug-likeness (QED) is 0.102. The number of benzene rings is 1. The minimum Gasteiger partial charge on any atom is -0.380 e. The molecule has 1 unspecified atom stereocenters. The lowest BCUT2D eigenvalue weighted by Gasteiger charge is -2.23. The molecule has 8 nitrogen and oxygen atoms in total. The highest BCUT2D eigenvalue weighted by Gasteiger charge is 2.30. The van der Waals surface area contributed by atoms with Gasteiger partial charge in [-0.25, -0.2) is 4.98 Å². The third kappa shape index (κ3) is 9.55. The first-order valence-electron chi connectivity index (χ1n) is 14.7. The van der Waals surface area contributed by atoms with Gasteiger partial charge in [-0.15, -0.1) is 0 Å². The molecular formula is C32H41F3N6O2Si. The fourth-order valence-corrected chi connectivity index (χ4v) is 5.37. The molecule has 0 fully saturated rings. The van der Waals surface area contributed by atoms with E-state index in [1.165, 1.54) is 0 Å². The van der Waals surface area contributed by atoms with E-state index in [1.807, 2.05) is 46.4 Å². The fourth-order valence-electron chi connectivity index (χ4n) is 4.62. The SMILES string of the molecule is CC(C)C(Nc1cncc(-c2cn(COCC[Si](C)(C)C)c3ncc(NCc4ccccc4)cc23)c1)C(=O)NCC(F)(F)F. The zero-order valence-corrected chi connectivity index (χ0v) is 26.8. The Hall–Kier alpha value is -3.90. The molecule has 0 saturated heterocycles. The van der Waals surface area contributed by atoms with Crippen molar-refractivity contribution in [3.8, 4) is 11.1 Å². The van der Waals surface area contributed by atoms with Crippen LogP contribution >= 0.6 is 0 Å². The molecule has 3 heterocycles. The van der Waals surface area contributed by atoms with Gasteiger partial charge in [0.05, 0.1) is 17.6 Å². The van der Waals surface area contributed by atoms with Gasteiger partial charge in [0.15, 0.2) is 0 Å². The summed E-state index contributed by atoms with van der Waals surface area (Å²) in [5.41, 5.74) is 4.89. The largest absolute Gasteiger partial charge is 0.405 e. The standard InChI is InChI=1S/C32H41F3N6O2Si/c1-22(2)29(31(42)39-20-32(33,34)35)40-26-13-24(16-36-17-26)28-19-41(21-43-11-12-44(3,4)5)30-27(28)14-25(18-38-30)37-15-23-9-7-6-8-10-23/h6-10,13-14,16-19,22,29,37,40H,11-12,15,20-21H2,1-5H3,(H,39,42). The van der Waals surface area contributed by atoms with E-state index in [0.29, 0.717) is 25.6 Å². The summed E-state index contributed by atoms with van der Waals surface area (Å²) < 4.78 is 46.2. The van der Waals surface area contributed by atoms with E-state index in [9.17, 15) is 18.0 Å². The van der Waals surface area contributed by atoms with Gasteiger partial charge in [0, 0.05) is 56.3 Å². The molecule has 12 heteroatoms. The molecule has 4 aromatic rings. The monoisotopic (exact) mass is 626 g/mol. The zero-order valence-electron chi connectivity index (χ0n) is 25.8. The van der Waals surface area contributed by atoms with Gasteiger partial charge in [-0.3, -0.25) is 9.78 Å². The number of amides is 1. The number of nitrogens with zero attached hydrogens (tertiary/aromatic N) is 3. The summed E-state index contributed by atoms with van der Waals surface area (Å²) in [4.78, 5) is 21.8. The van der Waals surface area contributed by atoms with Crippen LogP contribution in [-0.4, -0.2) is 53.9 Å². The molecule has 0 bridgehead atoms. The van der Waals surface area contributed by atoms with Gasteiger partial charge in [-0.2, -0.15) is 13.2 Å². The van der Waals surface area contributed by atoms with Crippen LogP contribution in [0.4, 0.5) is 24.5 Å². The van der Waals surface area contributed by atoms with Crippen molar-refractivity contribution in [2.24, 2.45) is 5.92 Å². The van der Waals surface area contributed by atoms with Crippen molar-refractivity contribution in [2.45, 2.75) is 65.0 Å². The lowest BCUT2D eigenvalue weighted by molar-refractivity contribution is -0.139. The normalized spacial score (nSPS) is 12.8. The van der Waals surface area contributed by atoms with Gasteiger partial charge in [0.2, 0.25) is 5.91 Å². The summed E-state index contributed by atoms with van der Waals surface area (Å²) in [6.07, 6.45) is 2.56. The average Bonchev–Trinajstić information content (AvgIpc) is 3.33. The molecule has 1 atom stereocenters. The van der Waals surface area contributed by atoms with Gasteiger partial charge < -0.3 is 25.3 Å². The van der Waals surface area contributed by atoms with E-state index in [0.717, 1.165) is 39.5 Å². The summed E-state index contributed by atoms with van der Waals surface area (Å²) in [5, 5.41) is 9.40. The Bertz CT molecular complexity index is 1540. The summed E-state index contributed by atoms with van der Waals surface area (Å²) >= 11 is 0. The molecule has 4 rings (SSSR count). The van der Waals surface area contributed by atoms with Crippen molar-refractivity contribution in [1.29, 1.82) is 0 Å².